The highest BCUT2D eigenvalue weighted by molar-refractivity contribution is 5.66. The van der Waals surface area contributed by atoms with Crippen LogP contribution >= 0.6 is 0 Å². The predicted molar refractivity (Wildman–Crippen MR) is 109 cm³/mol. The molecule has 0 fully saturated rings. The zero-order valence-electron chi connectivity index (χ0n) is 15.7. The molecule has 4 rings (SSSR count). The van der Waals surface area contributed by atoms with Crippen molar-refractivity contribution in [3.8, 4) is 45.7 Å². The number of methoxy groups -OCH3 is 2. The topological polar surface area (TPSA) is 57.1 Å². The summed E-state index contributed by atoms with van der Waals surface area (Å²) < 4.78 is 10.5. The molecule has 5 heteroatoms. The zero-order valence-corrected chi connectivity index (χ0v) is 15.7. The van der Waals surface area contributed by atoms with Crippen molar-refractivity contribution in [3.63, 3.8) is 0 Å². The molecule has 0 aliphatic rings. The van der Waals surface area contributed by atoms with Gasteiger partial charge in [0.2, 0.25) is 0 Å². The second kappa shape index (κ2) is 7.88. The lowest BCUT2D eigenvalue weighted by Gasteiger charge is -2.09. The van der Waals surface area contributed by atoms with E-state index in [2.05, 4.69) is 0 Å². The molecule has 0 bridgehead atoms. The van der Waals surface area contributed by atoms with E-state index in [9.17, 15) is 0 Å². The molecule has 0 amide bonds. The standard InChI is InChI=1S/C23H19N3O2/c1-27-19-12-8-17(9-13-19)22-24-21(16-6-4-3-5-7-16)25-23(26-22)18-10-14-20(28-2)15-11-18/h3-15H,1-2H3. The average Bonchev–Trinajstić information content (AvgIpc) is 2.79. The summed E-state index contributed by atoms with van der Waals surface area (Å²) >= 11 is 0. The first kappa shape index (κ1) is 17.7. The number of hydrogen-bond acceptors (Lipinski definition) is 5. The first-order chi connectivity index (χ1) is 13.8. The van der Waals surface area contributed by atoms with Crippen LogP contribution < -0.4 is 9.47 Å². The number of rotatable bonds is 5. The van der Waals surface area contributed by atoms with E-state index in [1.807, 2.05) is 78.9 Å². The van der Waals surface area contributed by atoms with Gasteiger partial charge in [-0.05, 0) is 48.5 Å². The summed E-state index contributed by atoms with van der Waals surface area (Å²) in [5, 5.41) is 0. The normalized spacial score (nSPS) is 10.5. The summed E-state index contributed by atoms with van der Waals surface area (Å²) in [6.45, 7) is 0. The number of nitrogens with zero attached hydrogens (tertiary/aromatic N) is 3. The zero-order chi connectivity index (χ0) is 19.3. The van der Waals surface area contributed by atoms with Crippen LogP contribution in [-0.4, -0.2) is 29.2 Å². The van der Waals surface area contributed by atoms with Gasteiger partial charge < -0.3 is 9.47 Å². The van der Waals surface area contributed by atoms with Gasteiger partial charge in [-0.2, -0.15) is 0 Å². The van der Waals surface area contributed by atoms with Gasteiger partial charge >= 0.3 is 0 Å². The van der Waals surface area contributed by atoms with E-state index in [0.717, 1.165) is 28.2 Å². The Hall–Kier alpha value is -3.73. The summed E-state index contributed by atoms with van der Waals surface area (Å²) in [5.41, 5.74) is 2.74. The minimum atomic E-state index is 0.613. The first-order valence-electron chi connectivity index (χ1n) is 8.87. The van der Waals surface area contributed by atoms with E-state index in [-0.39, 0.29) is 0 Å². The van der Waals surface area contributed by atoms with E-state index in [0.29, 0.717) is 17.5 Å². The Morgan fingerprint density at radius 3 is 1.18 bits per heavy atom. The lowest BCUT2D eigenvalue weighted by Crippen LogP contribution is -2.00. The van der Waals surface area contributed by atoms with E-state index in [1.54, 1.807) is 14.2 Å². The van der Waals surface area contributed by atoms with Crippen molar-refractivity contribution in [2.75, 3.05) is 14.2 Å². The highest BCUT2D eigenvalue weighted by atomic mass is 16.5. The molecule has 28 heavy (non-hydrogen) atoms. The Morgan fingerprint density at radius 2 is 0.821 bits per heavy atom. The van der Waals surface area contributed by atoms with Crippen LogP contribution in [0.2, 0.25) is 0 Å². The lowest BCUT2D eigenvalue weighted by atomic mass is 10.1. The van der Waals surface area contributed by atoms with Gasteiger partial charge in [-0.15, -0.1) is 0 Å². The molecule has 1 heterocycles. The van der Waals surface area contributed by atoms with Gasteiger partial charge in [0.15, 0.2) is 17.5 Å². The molecule has 0 radical (unpaired) electrons. The van der Waals surface area contributed by atoms with Crippen molar-refractivity contribution in [1.29, 1.82) is 0 Å². The molecule has 0 spiro atoms. The smallest absolute Gasteiger partial charge is 0.164 e. The summed E-state index contributed by atoms with van der Waals surface area (Å²) in [5.74, 6) is 3.44. The Kier molecular flexibility index (Phi) is 4.97. The van der Waals surface area contributed by atoms with Gasteiger partial charge in [-0.1, -0.05) is 30.3 Å². The van der Waals surface area contributed by atoms with E-state index in [4.69, 9.17) is 24.4 Å². The Morgan fingerprint density at radius 1 is 0.464 bits per heavy atom. The molecular weight excluding hydrogens is 350 g/mol. The van der Waals surface area contributed by atoms with Gasteiger partial charge in [0, 0.05) is 16.7 Å². The SMILES string of the molecule is COc1ccc(-c2nc(-c3ccccc3)nc(-c3ccc(OC)cc3)n2)cc1. The van der Waals surface area contributed by atoms with Crippen molar-refractivity contribution in [1.82, 2.24) is 15.0 Å². The number of ether oxygens (including phenoxy) is 2. The fourth-order valence-corrected chi connectivity index (χ4v) is 2.83. The molecule has 0 saturated carbocycles. The van der Waals surface area contributed by atoms with Crippen LogP contribution in [0.5, 0.6) is 11.5 Å². The van der Waals surface area contributed by atoms with Crippen molar-refractivity contribution < 1.29 is 9.47 Å². The molecule has 0 unspecified atom stereocenters. The summed E-state index contributed by atoms with van der Waals surface area (Å²) in [6.07, 6.45) is 0. The largest absolute Gasteiger partial charge is 0.497 e. The summed E-state index contributed by atoms with van der Waals surface area (Å²) in [6, 6.07) is 25.3. The molecule has 5 nitrogen and oxygen atoms in total. The predicted octanol–water partition coefficient (Wildman–Crippen LogP) is 4.89. The third-order valence-corrected chi connectivity index (χ3v) is 4.36. The van der Waals surface area contributed by atoms with E-state index in [1.165, 1.54) is 0 Å². The second-order valence-electron chi connectivity index (χ2n) is 6.13. The van der Waals surface area contributed by atoms with Crippen molar-refractivity contribution in [2.45, 2.75) is 0 Å². The van der Waals surface area contributed by atoms with Crippen LogP contribution in [-0.2, 0) is 0 Å². The Balaban J connectivity index is 1.84. The fourth-order valence-electron chi connectivity index (χ4n) is 2.83. The maximum absolute atomic E-state index is 5.25. The molecule has 0 atom stereocenters. The minimum Gasteiger partial charge on any atom is -0.497 e. The molecule has 0 saturated heterocycles. The van der Waals surface area contributed by atoms with Gasteiger partial charge in [0.05, 0.1) is 14.2 Å². The van der Waals surface area contributed by atoms with E-state index < -0.39 is 0 Å². The van der Waals surface area contributed by atoms with Crippen LogP contribution in [0.4, 0.5) is 0 Å². The number of aromatic nitrogens is 3. The molecule has 3 aromatic carbocycles. The molecule has 0 aliphatic carbocycles. The highest BCUT2D eigenvalue weighted by Gasteiger charge is 2.12. The van der Waals surface area contributed by atoms with Crippen LogP contribution in [0.3, 0.4) is 0 Å². The maximum Gasteiger partial charge on any atom is 0.164 e. The Bertz CT molecular complexity index is 998. The van der Waals surface area contributed by atoms with Crippen LogP contribution in [0, 0.1) is 0 Å². The third kappa shape index (κ3) is 3.69. The molecule has 138 valence electrons. The summed E-state index contributed by atoms with van der Waals surface area (Å²) in [4.78, 5) is 14.1. The van der Waals surface area contributed by atoms with Crippen molar-refractivity contribution >= 4 is 0 Å². The van der Waals surface area contributed by atoms with Crippen LogP contribution in [0.1, 0.15) is 0 Å². The summed E-state index contributed by atoms with van der Waals surface area (Å²) in [7, 11) is 3.29. The molecule has 4 aromatic rings. The third-order valence-electron chi connectivity index (χ3n) is 4.36. The van der Waals surface area contributed by atoms with Crippen molar-refractivity contribution in [2.24, 2.45) is 0 Å². The lowest BCUT2D eigenvalue weighted by molar-refractivity contribution is 0.415. The van der Waals surface area contributed by atoms with Crippen molar-refractivity contribution in [3.05, 3.63) is 78.9 Å². The van der Waals surface area contributed by atoms with Crippen LogP contribution in [0.25, 0.3) is 34.2 Å². The second-order valence-corrected chi connectivity index (χ2v) is 6.13. The van der Waals surface area contributed by atoms with Gasteiger partial charge in [-0.25, -0.2) is 15.0 Å². The average molecular weight is 369 g/mol. The molecular formula is C23H19N3O2. The number of benzene rings is 3. The maximum atomic E-state index is 5.25. The molecule has 1 aromatic heterocycles. The first-order valence-corrected chi connectivity index (χ1v) is 8.87. The highest BCUT2D eigenvalue weighted by Crippen LogP contribution is 2.26. The quantitative estimate of drug-likeness (QED) is 0.501. The van der Waals surface area contributed by atoms with E-state index >= 15 is 0 Å². The van der Waals surface area contributed by atoms with Gasteiger partial charge in [0.1, 0.15) is 11.5 Å². The number of hydrogen-bond donors (Lipinski definition) is 0. The van der Waals surface area contributed by atoms with Gasteiger partial charge in [-0.3, -0.25) is 0 Å². The molecule has 0 N–H and O–H groups in total. The van der Waals surface area contributed by atoms with Gasteiger partial charge in [0.25, 0.3) is 0 Å². The monoisotopic (exact) mass is 369 g/mol. The molecule has 0 aliphatic heterocycles. The fraction of sp³-hybridized carbons (Fsp3) is 0.0870. The van der Waals surface area contributed by atoms with Crippen LogP contribution in [0.15, 0.2) is 78.9 Å². The Labute approximate surface area is 163 Å². The minimum absolute atomic E-state index is 0.613.